The molecule has 10 heteroatoms. The molecule has 250 valence electrons. The Labute approximate surface area is 283 Å². The molecule has 0 N–H and O–H groups in total. The van der Waals surface area contributed by atoms with Crippen LogP contribution in [0, 0.1) is 18.3 Å². The summed E-state index contributed by atoms with van der Waals surface area (Å²) < 4.78 is 6.63. The Hall–Kier alpha value is -4.20. The highest BCUT2D eigenvalue weighted by Gasteiger charge is 2.53. The van der Waals surface area contributed by atoms with Gasteiger partial charge in [-0.2, -0.15) is 15.2 Å². The van der Waals surface area contributed by atoms with E-state index in [2.05, 4.69) is 82.6 Å². The second-order valence-electron chi connectivity index (χ2n) is 14.5. The molecular formula is C38H46N8O2. The minimum atomic E-state index is -0.231. The fourth-order valence-electron chi connectivity index (χ4n) is 8.82. The number of aryl methyl sites for hydroxylation is 1. The summed E-state index contributed by atoms with van der Waals surface area (Å²) in [4.78, 5) is 34.7. The van der Waals surface area contributed by atoms with Crippen molar-refractivity contribution in [1.29, 1.82) is 5.26 Å². The third-order valence-corrected chi connectivity index (χ3v) is 11.8. The predicted octanol–water partition coefficient (Wildman–Crippen LogP) is 4.31. The maximum atomic E-state index is 12.7. The number of aromatic nitrogens is 2. The molecule has 5 aliphatic rings. The maximum absolute atomic E-state index is 12.7. The van der Waals surface area contributed by atoms with Crippen LogP contribution in [-0.4, -0.2) is 107 Å². The first-order chi connectivity index (χ1) is 23.4. The van der Waals surface area contributed by atoms with Crippen LogP contribution in [-0.2, 0) is 17.8 Å². The molecule has 3 atom stereocenters. The van der Waals surface area contributed by atoms with Gasteiger partial charge in [-0.3, -0.25) is 14.6 Å². The van der Waals surface area contributed by atoms with Gasteiger partial charge in [-0.15, -0.1) is 0 Å². The van der Waals surface area contributed by atoms with E-state index in [-0.39, 0.29) is 23.9 Å². The number of anilines is 2. The average molecular weight is 647 g/mol. The second kappa shape index (κ2) is 12.4. The topological polar surface area (TPSA) is 92.1 Å². The Bertz CT molecular complexity index is 1760. The van der Waals surface area contributed by atoms with E-state index in [1.54, 1.807) is 4.90 Å². The summed E-state index contributed by atoms with van der Waals surface area (Å²) in [5.41, 5.74) is 4.71. The Morgan fingerprint density at radius 2 is 1.83 bits per heavy atom. The van der Waals surface area contributed by atoms with Gasteiger partial charge in [-0.25, -0.2) is 0 Å². The van der Waals surface area contributed by atoms with Gasteiger partial charge in [0.25, 0.3) is 0 Å². The molecule has 2 unspecified atom stereocenters. The number of nitriles is 1. The normalized spacial score (nSPS) is 25.1. The third-order valence-electron chi connectivity index (χ3n) is 11.8. The second-order valence-corrected chi connectivity index (χ2v) is 14.5. The van der Waals surface area contributed by atoms with Crippen LogP contribution in [0.15, 0.2) is 49.1 Å². The van der Waals surface area contributed by atoms with Crippen molar-refractivity contribution in [3.63, 3.8) is 0 Å². The van der Waals surface area contributed by atoms with Crippen LogP contribution < -0.4 is 14.5 Å². The summed E-state index contributed by atoms with van der Waals surface area (Å²) in [6.07, 6.45) is 7.29. The number of amides is 1. The van der Waals surface area contributed by atoms with Crippen molar-refractivity contribution in [3.05, 3.63) is 65.9 Å². The lowest BCUT2D eigenvalue weighted by molar-refractivity contribution is -0.128. The third kappa shape index (κ3) is 5.47. The van der Waals surface area contributed by atoms with Crippen LogP contribution in [0.3, 0.4) is 0 Å². The number of carbonyl (C=O) groups is 1. The first-order valence-corrected chi connectivity index (χ1v) is 17.7. The highest BCUT2D eigenvalue weighted by Crippen LogP contribution is 2.46. The Morgan fingerprint density at radius 1 is 1.06 bits per heavy atom. The smallest absolute Gasteiger partial charge is 0.318 e. The van der Waals surface area contributed by atoms with Crippen LogP contribution in [0.1, 0.15) is 48.9 Å². The molecule has 3 saturated heterocycles. The lowest BCUT2D eigenvalue weighted by Gasteiger charge is -2.43. The molecule has 10 nitrogen and oxygen atoms in total. The number of nitrogens with zero attached hydrogens (tertiary/aromatic N) is 8. The number of likely N-dealkylation sites (tertiary alicyclic amines) is 1. The quantitative estimate of drug-likeness (QED) is 0.332. The number of rotatable bonds is 8. The van der Waals surface area contributed by atoms with Gasteiger partial charge in [0.15, 0.2) is 0 Å². The van der Waals surface area contributed by atoms with Gasteiger partial charge in [0.2, 0.25) is 5.91 Å². The van der Waals surface area contributed by atoms with Crippen molar-refractivity contribution in [1.82, 2.24) is 24.7 Å². The highest BCUT2D eigenvalue weighted by molar-refractivity contribution is 5.97. The molecule has 0 spiro atoms. The van der Waals surface area contributed by atoms with E-state index in [1.807, 2.05) is 0 Å². The summed E-state index contributed by atoms with van der Waals surface area (Å²) >= 11 is 0. The molecule has 5 heterocycles. The number of hydrogen-bond acceptors (Lipinski definition) is 9. The van der Waals surface area contributed by atoms with Crippen molar-refractivity contribution in [3.8, 4) is 12.1 Å². The largest absolute Gasteiger partial charge is 0.461 e. The molecule has 8 rings (SSSR count). The summed E-state index contributed by atoms with van der Waals surface area (Å²) in [6, 6.07) is 16.8. The zero-order valence-electron chi connectivity index (χ0n) is 28.3. The molecule has 3 aromatic rings. The van der Waals surface area contributed by atoms with Crippen molar-refractivity contribution < 1.29 is 9.53 Å². The van der Waals surface area contributed by atoms with Crippen LogP contribution in [0.4, 0.5) is 11.5 Å². The molecular weight excluding hydrogens is 600 g/mol. The number of carbonyl (C=O) groups excluding carboxylic acids is 1. The molecule has 4 aliphatic heterocycles. The monoisotopic (exact) mass is 646 g/mol. The van der Waals surface area contributed by atoms with Gasteiger partial charge in [0, 0.05) is 68.0 Å². The van der Waals surface area contributed by atoms with Gasteiger partial charge in [0.05, 0.1) is 36.3 Å². The van der Waals surface area contributed by atoms with Crippen molar-refractivity contribution in [2.75, 3.05) is 62.7 Å². The summed E-state index contributed by atoms with van der Waals surface area (Å²) in [5.74, 6) is 0.761. The summed E-state index contributed by atoms with van der Waals surface area (Å²) in [6.45, 7) is 11.9. The van der Waals surface area contributed by atoms with Crippen LogP contribution in [0.25, 0.3) is 10.8 Å². The van der Waals surface area contributed by atoms with Gasteiger partial charge in [-0.1, -0.05) is 36.9 Å². The van der Waals surface area contributed by atoms with Crippen LogP contribution in [0.5, 0.6) is 6.01 Å². The number of benzene rings is 2. The lowest BCUT2D eigenvalue weighted by Crippen LogP contribution is -2.57. The lowest BCUT2D eigenvalue weighted by atomic mass is 9.99. The number of fused-ring (bicyclic) bond motifs is 4. The SMILES string of the molecule is C=CC(=O)N1CCN(c2nc(OCC3(N4CC5CCC(C4)N5C)CC3)nc3c2CCN(c2cccc4cccc(C)c24)C3)C[C@@H]1CC#N. The van der Waals surface area contributed by atoms with E-state index >= 15 is 0 Å². The zero-order valence-corrected chi connectivity index (χ0v) is 28.3. The van der Waals surface area contributed by atoms with E-state index in [9.17, 15) is 10.1 Å². The van der Waals surface area contributed by atoms with Crippen molar-refractivity contribution in [2.45, 2.75) is 75.7 Å². The van der Waals surface area contributed by atoms with E-state index in [4.69, 9.17) is 14.7 Å². The fourth-order valence-corrected chi connectivity index (χ4v) is 8.82. The average Bonchev–Trinajstić information content (AvgIpc) is 3.88. The maximum Gasteiger partial charge on any atom is 0.318 e. The van der Waals surface area contributed by atoms with Gasteiger partial charge >= 0.3 is 6.01 Å². The molecule has 1 saturated carbocycles. The molecule has 1 aliphatic carbocycles. The Balaban J connectivity index is 1.10. The number of hydrogen-bond donors (Lipinski definition) is 0. The fraction of sp³-hybridized carbons (Fsp3) is 0.526. The molecule has 2 aromatic carbocycles. The van der Waals surface area contributed by atoms with Gasteiger partial charge in [0.1, 0.15) is 12.4 Å². The standard InChI is InChI=1S/C38H46N8O2/c1-4-34(47)46-20-19-44(21-30(46)13-17-39)36-31-14-18-43(33-10-6-9-27-8-5-7-26(2)35(27)33)24-32(31)40-37(41-36)48-25-38(15-16-38)45-22-28-11-12-29(23-45)42(28)3/h4-10,28-30H,1,11-16,18-25H2,2-3H3/t28?,29?,30-/m0/s1. The first-order valence-electron chi connectivity index (χ1n) is 17.7. The summed E-state index contributed by atoms with van der Waals surface area (Å²) in [5, 5.41) is 12.2. The molecule has 1 amide bonds. The van der Waals surface area contributed by atoms with Gasteiger partial charge in [-0.05, 0) is 69.2 Å². The predicted molar refractivity (Wildman–Crippen MR) is 187 cm³/mol. The Morgan fingerprint density at radius 3 is 2.56 bits per heavy atom. The van der Waals surface area contributed by atoms with E-state index in [1.165, 1.54) is 40.9 Å². The number of ether oxygens (including phenoxy) is 1. The zero-order chi connectivity index (χ0) is 33.0. The Kier molecular flexibility index (Phi) is 8.00. The van der Waals surface area contributed by atoms with Gasteiger partial charge < -0.3 is 19.4 Å². The van der Waals surface area contributed by atoms with Crippen LogP contribution >= 0.6 is 0 Å². The molecule has 2 bridgehead atoms. The molecule has 4 fully saturated rings. The highest BCUT2D eigenvalue weighted by atomic mass is 16.5. The van der Waals surface area contributed by atoms with Crippen molar-refractivity contribution >= 4 is 28.2 Å². The number of piperazine rings is 2. The molecule has 48 heavy (non-hydrogen) atoms. The number of likely N-dealkylation sites (N-methyl/N-ethyl adjacent to an activating group) is 1. The summed E-state index contributed by atoms with van der Waals surface area (Å²) in [7, 11) is 2.29. The minimum Gasteiger partial charge on any atom is -0.461 e. The van der Waals surface area contributed by atoms with E-state index in [0.717, 1.165) is 56.0 Å². The molecule has 0 radical (unpaired) electrons. The molecule has 1 aromatic heterocycles. The first kappa shape index (κ1) is 31.1. The van der Waals surface area contributed by atoms with E-state index in [0.29, 0.717) is 50.9 Å². The van der Waals surface area contributed by atoms with Crippen LogP contribution in [0.2, 0.25) is 0 Å². The minimum absolute atomic E-state index is 0.0720. The van der Waals surface area contributed by atoms with Crippen molar-refractivity contribution in [2.24, 2.45) is 0 Å². The van der Waals surface area contributed by atoms with E-state index < -0.39 is 0 Å².